The Bertz CT molecular complexity index is 1100. The Morgan fingerprint density at radius 1 is 1.08 bits per heavy atom. The highest BCUT2D eigenvalue weighted by Gasteiger charge is 2.29. The van der Waals surface area contributed by atoms with Gasteiger partial charge in [-0.15, -0.1) is 0 Å². The molecule has 1 aromatic carbocycles. The van der Waals surface area contributed by atoms with Gasteiger partial charge in [-0.1, -0.05) is 35.9 Å². The average molecular weight is 312 g/mol. The molecule has 1 atom stereocenters. The van der Waals surface area contributed by atoms with E-state index in [1.165, 1.54) is 38.7 Å². The van der Waals surface area contributed by atoms with Crippen LogP contribution in [0.3, 0.4) is 0 Å². The Hall–Kier alpha value is -2.48. The fourth-order valence-corrected chi connectivity index (χ4v) is 4.30. The average Bonchev–Trinajstić information content (AvgIpc) is 2.60. The second-order valence-electron chi connectivity index (χ2n) is 7.17. The summed E-state index contributed by atoms with van der Waals surface area (Å²) in [5, 5.41) is 3.62. The first kappa shape index (κ1) is 13.9. The van der Waals surface area contributed by atoms with Gasteiger partial charge in [0.05, 0.1) is 16.6 Å². The summed E-state index contributed by atoms with van der Waals surface area (Å²) in [6.07, 6.45) is 7.63. The minimum absolute atomic E-state index is 0.478. The van der Waals surface area contributed by atoms with Gasteiger partial charge in [-0.2, -0.15) is 0 Å². The van der Waals surface area contributed by atoms with Crippen LogP contribution >= 0.6 is 0 Å². The predicted molar refractivity (Wildman–Crippen MR) is 100 cm³/mol. The monoisotopic (exact) mass is 312 g/mol. The van der Waals surface area contributed by atoms with Gasteiger partial charge < -0.3 is 0 Å². The summed E-state index contributed by atoms with van der Waals surface area (Å²) in [5.74, 6) is 0.478. The zero-order chi connectivity index (χ0) is 16.3. The van der Waals surface area contributed by atoms with Gasteiger partial charge in [0.25, 0.3) is 0 Å². The number of nitrogens with zero attached hydrogens (tertiary/aromatic N) is 2. The molecule has 1 unspecified atom stereocenters. The number of para-hydroxylation sites is 1. The van der Waals surface area contributed by atoms with Gasteiger partial charge in [0, 0.05) is 28.7 Å². The van der Waals surface area contributed by atoms with Crippen molar-refractivity contribution in [3.05, 3.63) is 64.2 Å². The summed E-state index contributed by atoms with van der Waals surface area (Å²) in [6.45, 7) is 4.47. The number of hydrogen-bond acceptors (Lipinski definition) is 2. The Kier molecular flexibility index (Phi) is 2.90. The van der Waals surface area contributed by atoms with Crippen molar-refractivity contribution in [2.75, 3.05) is 0 Å². The second-order valence-corrected chi connectivity index (χ2v) is 7.17. The van der Waals surface area contributed by atoms with Gasteiger partial charge in [0.15, 0.2) is 0 Å². The van der Waals surface area contributed by atoms with Gasteiger partial charge in [0.2, 0.25) is 0 Å². The Morgan fingerprint density at radius 2 is 1.96 bits per heavy atom. The normalized spacial score (nSPS) is 22.2. The fourth-order valence-electron chi connectivity index (χ4n) is 4.30. The number of pyridine rings is 1. The molecule has 2 aliphatic carbocycles. The quantitative estimate of drug-likeness (QED) is 0.729. The van der Waals surface area contributed by atoms with E-state index in [4.69, 9.17) is 9.98 Å². The molecule has 5 rings (SSSR count). The molecule has 2 heteroatoms. The molecular formula is C22H20N2. The smallest absolute Gasteiger partial charge is 0.0927 e. The van der Waals surface area contributed by atoms with E-state index in [1.807, 2.05) is 0 Å². The molecule has 118 valence electrons. The Morgan fingerprint density at radius 3 is 2.88 bits per heavy atom. The number of rotatable bonds is 0. The zero-order valence-corrected chi connectivity index (χ0v) is 14.1. The van der Waals surface area contributed by atoms with Crippen LogP contribution in [0.5, 0.6) is 0 Å². The van der Waals surface area contributed by atoms with E-state index in [0.717, 1.165) is 30.1 Å². The molecule has 3 aliphatic rings. The highest BCUT2D eigenvalue weighted by atomic mass is 14.8. The largest absolute Gasteiger partial charge is 0.255 e. The second kappa shape index (κ2) is 5.01. The molecule has 1 aliphatic heterocycles. The van der Waals surface area contributed by atoms with Crippen molar-refractivity contribution in [3.8, 4) is 0 Å². The molecule has 0 fully saturated rings. The van der Waals surface area contributed by atoms with Crippen LogP contribution in [0.4, 0.5) is 0 Å². The fraction of sp³-hybridized carbons (Fsp3) is 0.273. The number of aliphatic imine (C=N–C) groups is 1. The van der Waals surface area contributed by atoms with Crippen molar-refractivity contribution in [3.63, 3.8) is 0 Å². The lowest BCUT2D eigenvalue weighted by Crippen LogP contribution is -2.39. The van der Waals surface area contributed by atoms with E-state index in [1.54, 1.807) is 0 Å². The van der Waals surface area contributed by atoms with Gasteiger partial charge in [-0.05, 0) is 50.0 Å². The van der Waals surface area contributed by atoms with Crippen LogP contribution in [0.2, 0.25) is 0 Å². The van der Waals surface area contributed by atoms with Crippen LogP contribution in [-0.4, -0.2) is 10.7 Å². The lowest BCUT2D eigenvalue weighted by molar-refractivity contribution is 0.651. The summed E-state index contributed by atoms with van der Waals surface area (Å²) in [7, 11) is 0. The molecule has 0 spiro atoms. The van der Waals surface area contributed by atoms with Crippen molar-refractivity contribution in [2.24, 2.45) is 10.9 Å². The van der Waals surface area contributed by atoms with Crippen molar-refractivity contribution in [1.82, 2.24) is 4.98 Å². The van der Waals surface area contributed by atoms with E-state index < -0.39 is 0 Å². The van der Waals surface area contributed by atoms with Crippen LogP contribution < -0.4 is 10.6 Å². The number of allylic oxidation sites excluding steroid dienone is 4. The lowest BCUT2D eigenvalue weighted by atomic mass is 9.79. The highest BCUT2D eigenvalue weighted by molar-refractivity contribution is 6.06. The Labute approximate surface area is 141 Å². The summed E-state index contributed by atoms with van der Waals surface area (Å²) < 4.78 is 0. The molecule has 2 aromatic rings. The molecule has 0 saturated heterocycles. The minimum atomic E-state index is 0.478. The number of hydrogen-bond donors (Lipinski definition) is 0. The standard InChI is InChI=1S/C22H20N2/c1-13-6-5-9-20-17(13)12-16-10-14(2)18-11-15-7-3-4-8-19(15)23-22(18)21(16)24-20/h3-8,11,16H,9-10,12H2,1-2H3. The molecule has 0 saturated carbocycles. The van der Waals surface area contributed by atoms with Crippen molar-refractivity contribution in [1.29, 1.82) is 0 Å². The van der Waals surface area contributed by atoms with E-state index >= 15 is 0 Å². The zero-order valence-electron chi connectivity index (χ0n) is 14.1. The number of aromatic nitrogens is 1. The summed E-state index contributed by atoms with van der Waals surface area (Å²) in [6, 6.07) is 10.7. The first-order chi connectivity index (χ1) is 11.7. The lowest BCUT2D eigenvalue weighted by Gasteiger charge is -2.30. The summed E-state index contributed by atoms with van der Waals surface area (Å²) in [4.78, 5) is 10.1. The van der Waals surface area contributed by atoms with Crippen LogP contribution in [0, 0.1) is 5.92 Å². The van der Waals surface area contributed by atoms with E-state index in [2.05, 4.69) is 56.3 Å². The summed E-state index contributed by atoms with van der Waals surface area (Å²) >= 11 is 0. The van der Waals surface area contributed by atoms with Crippen LogP contribution in [0.15, 0.2) is 58.6 Å². The van der Waals surface area contributed by atoms with Gasteiger partial charge in [0.1, 0.15) is 0 Å². The Balaban J connectivity index is 1.87. The van der Waals surface area contributed by atoms with E-state index in [-0.39, 0.29) is 0 Å². The van der Waals surface area contributed by atoms with Crippen LogP contribution in [0.1, 0.15) is 33.1 Å². The van der Waals surface area contributed by atoms with Gasteiger partial charge >= 0.3 is 0 Å². The van der Waals surface area contributed by atoms with E-state index in [0.29, 0.717) is 5.92 Å². The maximum Gasteiger partial charge on any atom is 0.0927 e. The third-order valence-electron chi connectivity index (χ3n) is 5.58. The van der Waals surface area contributed by atoms with E-state index in [9.17, 15) is 0 Å². The molecule has 24 heavy (non-hydrogen) atoms. The summed E-state index contributed by atoms with van der Waals surface area (Å²) in [5.41, 5.74) is 7.82. The topological polar surface area (TPSA) is 25.2 Å². The van der Waals surface area contributed by atoms with Crippen molar-refractivity contribution < 1.29 is 0 Å². The third-order valence-corrected chi connectivity index (χ3v) is 5.58. The maximum atomic E-state index is 5.11. The molecule has 2 nitrogen and oxygen atoms in total. The van der Waals surface area contributed by atoms with Crippen molar-refractivity contribution in [2.45, 2.75) is 33.1 Å². The molecule has 0 N–H and O–H groups in total. The molecule has 1 aromatic heterocycles. The van der Waals surface area contributed by atoms with Gasteiger partial charge in [-0.25, -0.2) is 4.98 Å². The minimum Gasteiger partial charge on any atom is -0.255 e. The third kappa shape index (κ3) is 1.96. The molecule has 0 bridgehead atoms. The molecule has 0 amide bonds. The first-order valence-electron chi connectivity index (χ1n) is 8.75. The SMILES string of the molecule is CC1=C2CC3CC(C)=c4cc5ccccc5nc4=C3N=C2CC=C1. The number of fused-ring (bicyclic) bond motifs is 4. The first-order valence-corrected chi connectivity index (χ1v) is 8.75. The van der Waals surface area contributed by atoms with Gasteiger partial charge in [-0.3, -0.25) is 4.99 Å². The van der Waals surface area contributed by atoms with Crippen LogP contribution in [0.25, 0.3) is 22.2 Å². The number of benzene rings is 1. The molecule has 0 radical (unpaired) electrons. The predicted octanol–water partition coefficient (Wildman–Crippen LogP) is 3.65. The van der Waals surface area contributed by atoms with Crippen molar-refractivity contribution >= 4 is 27.9 Å². The maximum absolute atomic E-state index is 5.11. The molecular weight excluding hydrogens is 292 g/mol. The highest BCUT2D eigenvalue weighted by Crippen LogP contribution is 2.37. The van der Waals surface area contributed by atoms with Crippen LogP contribution in [-0.2, 0) is 0 Å². The molecule has 2 heterocycles.